The van der Waals surface area contributed by atoms with Gasteiger partial charge in [0.25, 0.3) is 5.56 Å². The molecule has 1 aliphatic rings. The van der Waals surface area contributed by atoms with Crippen molar-refractivity contribution in [3.63, 3.8) is 0 Å². The Kier molecular flexibility index (Phi) is 5.95. The first-order valence-electron chi connectivity index (χ1n) is 10.5. The van der Waals surface area contributed by atoms with Gasteiger partial charge in [0.1, 0.15) is 0 Å². The van der Waals surface area contributed by atoms with Crippen molar-refractivity contribution < 1.29 is 4.79 Å². The van der Waals surface area contributed by atoms with Gasteiger partial charge in [-0.05, 0) is 75.4 Å². The van der Waals surface area contributed by atoms with E-state index in [2.05, 4.69) is 6.07 Å². The van der Waals surface area contributed by atoms with Crippen LogP contribution < -0.4 is 5.56 Å². The molecule has 0 radical (unpaired) electrons. The minimum atomic E-state index is -0.312. The summed E-state index contributed by atoms with van der Waals surface area (Å²) in [6.07, 6.45) is 3.30. The number of aromatic nitrogens is 2. The third kappa shape index (κ3) is 4.15. The molecule has 3 aromatic rings. The number of rotatable bonds is 4. The zero-order valence-electron chi connectivity index (χ0n) is 17.7. The van der Waals surface area contributed by atoms with Gasteiger partial charge in [-0.1, -0.05) is 30.0 Å². The highest BCUT2D eigenvalue weighted by atomic mass is 32.2. The van der Waals surface area contributed by atoms with Gasteiger partial charge in [-0.15, -0.1) is 0 Å². The maximum Gasteiger partial charge on any atom is 0.266 e. The van der Waals surface area contributed by atoms with Crippen LogP contribution >= 0.6 is 11.8 Å². The molecule has 0 N–H and O–H groups in total. The van der Waals surface area contributed by atoms with Crippen molar-refractivity contribution in [2.45, 2.75) is 50.4 Å². The number of piperidine rings is 1. The highest BCUT2D eigenvalue weighted by Gasteiger charge is 2.25. The number of thioether (sulfide) groups is 1. The van der Waals surface area contributed by atoms with Crippen molar-refractivity contribution >= 4 is 28.6 Å². The van der Waals surface area contributed by atoms with Gasteiger partial charge in [0.05, 0.1) is 21.8 Å². The number of nitrogens with zero attached hydrogens (tertiary/aromatic N) is 3. The lowest BCUT2D eigenvalue weighted by atomic mass is 10.1. The predicted octanol–water partition coefficient (Wildman–Crippen LogP) is 4.50. The monoisotopic (exact) mass is 421 g/mol. The van der Waals surface area contributed by atoms with Crippen molar-refractivity contribution in [3.05, 3.63) is 63.9 Å². The van der Waals surface area contributed by atoms with Crippen LogP contribution in [0.2, 0.25) is 0 Å². The van der Waals surface area contributed by atoms with Gasteiger partial charge in [-0.3, -0.25) is 14.2 Å². The van der Waals surface area contributed by atoms with E-state index < -0.39 is 0 Å². The van der Waals surface area contributed by atoms with Crippen molar-refractivity contribution in [1.82, 2.24) is 14.5 Å². The maximum absolute atomic E-state index is 13.4. The summed E-state index contributed by atoms with van der Waals surface area (Å²) in [6, 6.07) is 13.5. The van der Waals surface area contributed by atoms with E-state index in [9.17, 15) is 9.59 Å². The summed E-state index contributed by atoms with van der Waals surface area (Å²) >= 11 is 1.37. The molecule has 1 saturated heterocycles. The van der Waals surface area contributed by atoms with E-state index in [1.807, 2.05) is 56.0 Å². The Bertz CT molecular complexity index is 1130. The fourth-order valence-corrected chi connectivity index (χ4v) is 5.09. The second-order valence-electron chi connectivity index (χ2n) is 8.04. The van der Waals surface area contributed by atoms with E-state index in [-0.39, 0.29) is 16.7 Å². The van der Waals surface area contributed by atoms with Crippen LogP contribution in [0.15, 0.2) is 52.4 Å². The average molecular weight is 422 g/mol. The predicted molar refractivity (Wildman–Crippen MR) is 123 cm³/mol. The summed E-state index contributed by atoms with van der Waals surface area (Å²) in [5, 5.41) is 0.825. The Hall–Kier alpha value is -2.60. The number of amides is 1. The first kappa shape index (κ1) is 20.7. The molecule has 1 amide bonds. The number of likely N-dealkylation sites (tertiary alicyclic amines) is 1. The fraction of sp³-hybridized carbons (Fsp3) is 0.375. The summed E-state index contributed by atoms with van der Waals surface area (Å²) in [6.45, 7) is 7.59. The summed E-state index contributed by atoms with van der Waals surface area (Å²) in [5.41, 5.74) is 3.50. The second-order valence-corrected chi connectivity index (χ2v) is 9.35. The second kappa shape index (κ2) is 8.64. The molecule has 6 heteroatoms. The molecule has 4 rings (SSSR count). The van der Waals surface area contributed by atoms with Crippen molar-refractivity contribution in [3.8, 4) is 5.69 Å². The number of para-hydroxylation sites is 1. The molecule has 0 aliphatic carbocycles. The lowest BCUT2D eigenvalue weighted by Gasteiger charge is -2.29. The highest BCUT2D eigenvalue weighted by Crippen LogP contribution is 2.27. The molecule has 1 aromatic heterocycles. The molecule has 1 atom stereocenters. The van der Waals surface area contributed by atoms with E-state index in [1.165, 1.54) is 18.2 Å². The van der Waals surface area contributed by atoms with Gasteiger partial charge in [0.2, 0.25) is 5.91 Å². The van der Waals surface area contributed by atoms with Gasteiger partial charge in [-0.2, -0.15) is 0 Å². The fourth-order valence-electron chi connectivity index (χ4n) is 4.08. The van der Waals surface area contributed by atoms with Crippen LogP contribution in [0.3, 0.4) is 0 Å². The number of hydrogen-bond donors (Lipinski definition) is 0. The van der Waals surface area contributed by atoms with Gasteiger partial charge in [0.15, 0.2) is 5.16 Å². The summed E-state index contributed by atoms with van der Waals surface area (Å²) in [7, 11) is 0. The maximum atomic E-state index is 13.4. The van der Waals surface area contributed by atoms with Crippen LogP contribution in [0.4, 0.5) is 0 Å². The number of benzene rings is 2. The van der Waals surface area contributed by atoms with Gasteiger partial charge >= 0.3 is 0 Å². The average Bonchev–Trinajstić information content (AvgIpc) is 2.73. The van der Waals surface area contributed by atoms with Crippen LogP contribution in [0.25, 0.3) is 16.6 Å². The molecular weight excluding hydrogens is 394 g/mol. The highest BCUT2D eigenvalue weighted by molar-refractivity contribution is 8.00. The normalized spacial score (nSPS) is 15.4. The molecule has 1 aliphatic heterocycles. The largest absolute Gasteiger partial charge is 0.342 e. The molecule has 0 bridgehead atoms. The number of carbonyl (C=O) groups excluding carboxylic acids is 1. The van der Waals surface area contributed by atoms with Gasteiger partial charge in [0, 0.05) is 13.1 Å². The quantitative estimate of drug-likeness (QED) is 0.460. The Balaban J connectivity index is 1.79. The Morgan fingerprint density at radius 1 is 1.03 bits per heavy atom. The Morgan fingerprint density at radius 3 is 2.40 bits per heavy atom. The lowest BCUT2D eigenvalue weighted by Crippen LogP contribution is -2.40. The molecular formula is C24H27N3O2S. The standard InChI is InChI=1S/C24H27N3O2S/c1-16-13-17(2)15-19(14-16)27-23(29)20-9-5-6-10-21(20)25-24(27)30-18(3)22(28)26-11-7-4-8-12-26/h5-6,9-10,13-15,18H,4,7-8,11-12H2,1-3H3/t18-/m0/s1. The van der Waals surface area contributed by atoms with E-state index in [0.29, 0.717) is 16.1 Å². The van der Waals surface area contributed by atoms with Crippen LogP contribution in [0.5, 0.6) is 0 Å². The molecule has 30 heavy (non-hydrogen) atoms. The molecule has 0 saturated carbocycles. The van der Waals surface area contributed by atoms with Gasteiger partial charge < -0.3 is 4.90 Å². The number of hydrogen-bond acceptors (Lipinski definition) is 4. The first-order chi connectivity index (χ1) is 14.4. The first-order valence-corrected chi connectivity index (χ1v) is 11.4. The van der Waals surface area contributed by atoms with Crippen molar-refractivity contribution in [1.29, 1.82) is 0 Å². The lowest BCUT2D eigenvalue weighted by molar-refractivity contribution is -0.131. The van der Waals surface area contributed by atoms with E-state index in [4.69, 9.17) is 4.98 Å². The van der Waals surface area contributed by atoms with Crippen LogP contribution in [-0.4, -0.2) is 38.7 Å². The van der Waals surface area contributed by atoms with Crippen LogP contribution in [-0.2, 0) is 4.79 Å². The molecule has 2 heterocycles. The third-order valence-electron chi connectivity index (χ3n) is 5.51. The molecule has 2 aromatic carbocycles. The molecule has 1 fully saturated rings. The van der Waals surface area contributed by atoms with Crippen LogP contribution in [0.1, 0.15) is 37.3 Å². The molecule has 0 spiro atoms. The van der Waals surface area contributed by atoms with E-state index in [0.717, 1.165) is 42.7 Å². The topological polar surface area (TPSA) is 55.2 Å². The summed E-state index contributed by atoms with van der Waals surface area (Å²) in [5.74, 6) is 0.120. The third-order valence-corrected chi connectivity index (χ3v) is 6.55. The Morgan fingerprint density at radius 2 is 1.70 bits per heavy atom. The van der Waals surface area contributed by atoms with Gasteiger partial charge in [-0.25, -0.2) is 4.98 Å². The zero-order valence-corrected chi connectivity index (χ0v) is 18.5. The van der Waals surface area contributed by atoms with Crippen molar-refractivity contribution in [2.24, 2.45) is 0 Å². The molecule has 156 valence electrons. The number of carbonyl (C=O) groups is 1. The van der Waals surface area contributed by atoms with E-state index in [1.54, 1.807) is 10.6 Å². The van der Waals surface area contributed by atoms with Crippen LogP contribution in [0, 0.1) is 13.8 Å². The summed E-state index contributed by atoms with van der Waals surface area (Å²) in [4.78, 5) is 33.2. The number of fused-ring (bicyclic) bond motifs is 1. The summed E-state index contributed by atoms with van der Waals surface area (Å²) < 4.78 is 1.66. The molecule has 5 nitrogen and oxygen atoms in total. The minimum absolute atomic E-state index is 0.106. The Labute approximate surface area is 181 Å². The smallest absolute Gasteiger partial charge is 0.266 e. The van der Waals surface area contributed by atoms with Crippen molar-refractivity contribution in [2.75, 3.05) is 13.1 Å². The molecule has 0 unspecified atom stereocenters. The SMILES string of the molecule is Cc1cc(C)cc(-n2c(S[C@@H](C)C(=O)N3CCCCC3)nc3ccccc3c2=O)c1. The minimum Gasteiger partial charge on any atom is -0.342 e. The van der Waals surface area contributed by atoms with E-state index >= 15 is 0 Å². The number of aryl methyl sites for hydroxylation is 2. The zero-order chi connectivity index (χ0) is 21.3.